The number of aromatic amines is 1. The first-order valence-corrected chi connectivity index (χ1v) is 12.0. The van der Waals surface area contributed by atoms with Gasteiger partial charge in [0.1, 0.15) is 5.82 Å². The first-order chi connectivity index (χ1) is 16.6. The highest BCUT2D eigenvalue weighted by Crippen LogP contribution is 2.24. The molecule has 0 bridgehead atoms. The Balaban J connectivity index is 1.22. The van der Waals surface area contributed by atoms with E-state index in [-0.39, 0.29) is 0 Å². The summed E-state index contributed by atoms with van der Waals surface area (Å²) in [6.45, 7) is 5.48. The smallest absolute Gasteiger partial charge is 0.229 e. The number of nitrogens with zero attached hydrogens (tertiary/aromatic N) is 3. The number of likely N-dealkylation sites (tertiary alicyclic amines) is 1. The van der Waals surface area contributed by atoms with Gasteiger partial charge in [-0.25, -0.2) is 4.98 Å². The van der Waals surface area contributed by atoms with Crippen LogP contribution in [0, 0.1) is 12.8 Å². The first-order valence-electron chi connectivity index (χ1n) is 12.0. The summed E-state index contributed by atoms with van der Waals surface area (Å²) < 4.78 is 0. The minimum atomic E-state index is 0.305. The maximum absolute atomic E-state index is 9.17. The molecule has 5 rings (SSSR count). The topological polar surface area (TPSA) is 89.1 Å². The Kier molecular flexibility index (Phi) is 6.74. The van der Waals surface area contributed by atoms with Crippen LogP contribution in [0.5, 0.6) is 0 Å². The van der Waals surface area contributed by atoms with E-state index in [1.54, 1.807) is 6.20 Å². The Morgan fingerprint density at radius 1 is 1.03 bits per heavy atom. The van der Waals surface area contributed by atoms with Crippen LogP contribution >= 0.6 is 0 Å². The van der Waals surface area contributed by atoms with E-state index < -0.39 is 0 Å². The first kappa shape index (κ1) is 22.4. The van der Waals surface area contributed by atoms with E-state index in [9.17, 15) is 0 Å². The van der Waals surface area contributed by atoms with Gasteiger partial charge in [0.2, 0.25) is 5.95 Å². The summed E-state index contributed by atoms with van der Waals surface area (Å²) in [6.07, 6.45) is 5.03. The standard InChI is InChI=1S/C27H32N6O/c1-19-15-22-17-24(5-6-25(22)29-19)30-26-7-11-28-27(32-26)31-23-4-2-3-21(16-23)18-33-12-8-20(9-13-33)10-14-34/h2-7,11,15-17,20,29,34H,8-10,12-14,18H2,1H3,(H2,28,30,31,32). The van der Waals surface area contributed by atoms with Crippen molar-refractivity contribution in [3.8, 4) is 0 Å². The third-order valence-corrected chi connectivity index (χ3v) is 6.52. The second-order valence-electron chi connectivity index (χ2n) is 9.20. The SMILES string of the molecule is Cc1cc2cc(Nc3ccnc(Nc4cccc(CN5CCC(CCO)CC5)c4)n3)ccc2[nH]1. The van der Waals surface area contributed by atoms with Crippen molar-refractivity contribution in [3.63, 3.8) is 0 Å². The average Bonchev–Trinajstić information content (AvgIpc) is 3.20. The van der Waals surface area contributed by atoms with Crippen LogP contribution in [0.1, 0.15) is 30.5 Å². The number of H-pyrrole nitrogens is 1. The molecule has 4 aromatic rings. The van der Waals surface area contributed by atoms with Gasteiger partial charge >= 0.3 is 0 Å². The Morgan fingerprint density at radius 2 is 1.88 bits per heavy atom. The normalized spacial score (nSPS) is 15.0. The third kappa shape index (κ3) is 5.55. The number of fused-ring (bicyclic) bond motifs is 1. The maximum Gasteiger partial charge on any atom is 0.229 e. The van der Waals surface area contributed by atoms with Crippen molar-refractivity contribution in [2.24, 2.45) is 5.92 Å². The van der Waals surface area contributed by atoms with E-state index >= 15 is 0 Å². The quantitative estimate of drug-likeness (QED) is 0.286. The van der Waals surface area contributed by atoms with Crippen molar-refractivity contribution in [3.05, 3.63) is 72.1 Å². The van der Waals surface area contributed by atoms with E-state index in [1.807, 2.05) is 18.2 Å². The summed E-state index contributed by atoms with van der Waals surface area (Å²) in [7, 11) is 0. The largest absolute Gasteiger partial charge is 0.396 e. The monoisotopic (exact) mass is 456 g/mol. The van der Waals surface area contributed by atoms with Crippen LogP contribution in [0.3, 0.4) is 0 Å². The lowest BCUT2D eigenvalue weighted by atomic mass is 9.94. The highest BCUT2D eigenvalue weighted by atomic mass is 16.3. The van der Waals surface area contributed by atoms with Crippen molar-refractivity contribution in [1.82, 2.24) is 19.9 Å². The van der Waals surface area contributed by atoms with E-state index in [1.165, 1.54) is 23.8 Å². The van der Waals surface area contributed by atoms with Crippen molar-refractivity contribution in [2.75, 3.05) is 30.3 Å². The van der Waals surface area contributed by atoms with Crippen LogP contribution in [0.25, 0.3) is 10.9 Å². The van der Waals surface area contributed by atoms with E-state index in [2.05, 4.69) is 73.8 Å². The molecule has 34 heavy (non-hydrogen) atoms. The molecule has 1 fully saturated rings. The fraction of sp³-hybridized carbons (Fsp3) is 0.333. The van der Waals surface area contributed by atoms with Gasteiger partial charge in [0.05, 0.1) is 0 Å². The predicted molar refractivity (Wildman–Crippen MR) is 138 cm³/mol. The number of aryl methyl sites for hydroxylation is 1. The van der Waals surface area contributed by atoms with E-state index in [0.29, 0.717) is 18.5 Å². The molecule has 3 heterocycles. The van der Waals surface area contributed by atoms with Gasteiger partial charge in [-0.2, -0.15) is 4.98 Å². The Labute approximate surface area is 200 Å². The average molecular weight is 457 g/mol. The Morgan fingerprint density at radius 3 is 2.74 bits per heavy atom. The molecular weight excluding hydrogens is 424 g/mol. The number of aliphatic hydroxyl groups is 1. The molecule has 0 unspecified atom stereocenters. The molecular formula is C27H32N6O. The summed E-state index contributed by atoms with van der Waals surface area (Å²) in [5.41, 5.74) is 5.52. The van der Waals surface area contributed by atoms with Crippen molar-refractivity contribution >= 4 is 34.0 Å². The van der Waals surface area contributed by atoms with Crippen molar-refractivity contribution in [2.45, 2.75) is 32.7 Å². The molecule has 0 atom stereocenters. The highest BCUT2D eigenvalue weighted by Gasteiger charge is 2.18. The van der Waals surface area contributed by atoms with Crippen LogP contribution in [0.2, 0.25) is 0 Å². The summed E-state index contributed by atoms with van der Waals surface area (Å²) in [5, 5.41) is 17.1. The molecule has 1 aliphatic heterocycles. The summed E-state index contributed by atoms with van der Waals surface area (Å²) >= 11 is 0. The van der Waals surface area contributed by atoms with Gasteiger partial charge in [-0.1, -0.05) is 12.1 Å². The second-order valence-corrected chi connectivity index (χ2v) is 9.20. The Hall–Kier alpha value is -3.42. The highest BCUT2D eigenvalue weighted by molar-refractivity contribution is 5.84. The number of piperidine rings is 1. The predicted octanol–water partition coefficient (Wildman–Crippen LogP) is 5.35. The molecule has 176 valence electrons. The lowest BCUT2D eigenvalue weighted by molar-refractivity contribution is 0.153. The lowest BCUT2D eigenvalue weighted by Crippen LogP contribution is -2.33. The van der Waals surface area contributed by atoms with Gasteiger partial charge in [0, 0.05) is 47.3 Å². The summed E-state index contributed by atoms with van der Waals surface area (Å²) in [5.74, 6) is 1.97. The molecule has 0 amide bonds. The number of anilines is 4. The fourth-order valence-corrected chi connectivity index (χ4v) is 4.74. The van der Waals surface area contributed by atoms with Gasteiger partial charge < -0.3 is 20.7 Å². The number of benzene rings is 2. The fourth-order valence-electron chi connectivity index (χ4n) is 4.74. The van der Waals surface area contributed by atoms with Crippen LogP contribution in [0.15, 0.2) is 60.8 Å². The van der Waals surface area contributed by atoms with Crippen molar-refractivity contribution < 1.29 is 5.11 Å². The summed E-state index contributed by atoms with van der Waals surface area (Å²) in [6, 6.07) is 18.7. The minimum Gasteiger partial charge on any atom is -0.396 e. The zero-order chi connectivity index (χ0) is 23.3. The molecule has 0 aliphatic carbocycles. The van der Waals surface area contributed by atoms with E-state index in [4.69, 9.17) is 5.11 Å². The van der Waals surface area contributed by atoms with Gasteiger partial charge in [-0.15, -0.1) is 0 Å². The Bertz CT molecular complexity index is 1240. The molecule has 0 saturated carbocycles. The summed E-state index contributed by atoms with van der Waals surface area (Å²) in [4.78, 5) is 14.9. The molecule has 7 nitrogen and oxygen atoms in total. The van der Waals surface area contributed by atoms with Crippen LogP contribution in [-0.4, -0.2) is 44.7 Å². The number of aromatic nitrogens is 3. The molecule has 1 saturated heterocycles. The lowest BCUT2D eigenvalue weighted by Gasteiger charge is -2.31. The zero-order valence-corrected chi connectivity index (χ0v) is 19.6. The van der Waals surface area contributed by atoms with Crippen LogP contribution in [0.4, 0.5) is 23.1 Å². The third-order valence-electron chi connectivity index (χ3n) is 6.52. The van der Waals surface area contributed by atoms with E-state index in [0.717, 1.165) is 54.5 Å². The number of hydrogen-bond donors (Lipinski definition) is 4. The van der Waals surface area contributed by atoms with Crippen LogP contribution < -0.4 is 10.6 Å². The number of nitrogens with one attached hydrogen (secondary N) is 3. The molecule has 4 N–H and O–H groups in total. The van der Waals surface area contributed by atoms with Gasteiger partial charge in [0.15, 0.2) is 0 Å². The number of aliphatic hydroxyl groups excluding tert-OH is 1. The van der Waals surface area contributed by atoms with Gasteiger partial charge in [0.25, 0.3) is 0 Å². The zero-order valence-electron chi connectivity index (χ0n) is 19.6. The second kappa shape index (κ2) is 10.2. The van der Waals surface area contributed by atoms with Crippen molar-refractivity contribution in [1.29, 1.82) is 0 Å². The number of rotatable bonds is 8. The molecule has 2 aromatic carbocycles. The van der Waals surface area contributed by atoms with Crippen LogP contribution in [-0.2, 0) is 6.54 Å². The minimum absolute atomic E-state index is 0.305. The number of hydrogen-bond acceptors (Lipinski definition) is 6. The molecule has 0 spiro atoms. The molecule has 1 aliphatic rings. The van der Waals surface area contributed by atoms with Gasteiger partial charge in [-0.3, -0.25) is 4.90 Å². The maximum atomic E-state index is 9.17. The molecule has 0 radical (unpaired) electrons. The molecule has 2 aromatic heterocycles. The van der Waals surface area contributed by atoms with Gasteiger partial charge in [-0.05, 0) is 93.2 Å². The molecule has 7 heteroatoms.